The third-order valence-electron chi connectivity index (χ3n) is 3.39. The largest absolute Gasteiger partial charge is 0.463 e. The summed E-state index contributed by atoms with van der Waals surface area (Å²) in [6, 6.07) is 11.3. The maximum atomic E-state index is 12.0. The van der Waals surface area contributed by atoms with Crippen molar-refractivity contribution in [1.82, 2.24) is 20.0 Å². The molecule has 0 fully saturated rings. The Kier molecular flexibility index (Phi) is 5.95. The van der Waals surface area contributed by atoms with Gasteiger partial charge in [0.15, 0.2) is 6.10 Å². The molecule has 7 nitrogen and oxygen atoms in total. The van der Waals surface area contributed by atoms with Gasteiger partial charge >= 0.3 is 0 Å². The van der Waals surface area contributed by atoms with Crippen LogP contribution >= 0.6 is 0 Å². The van der Waals surface area contributed by atoms with Crippen molar-refractivity contribution >= 4 is 11.8 Å². The van der Waals surface area contributed by atoms with Crippen molar-refractivity contribution in [2.75, 3.05) is 20.6 Å². The zero-order chi connectivity index (χ0) is 17.5. The molecule has 0 aliphatic heterocycles. The lowest BCUT2D eigenvalue weighted by molar-refractivity contribution is -0.129. The average Bonchev–Trinajstić information content (AvgIpc) is 3.03. The minimum atomic E-state index is -0.696. The predicted octanol–water partition coefficient (Wildman–Crippen LogP) is 1.23. The van der Waals surface area contributed by atoms with Crippen molar-refractivity contribution in [3.63, 3.8) is 0 Å². The fourth-order valence-electron chi connectivity index (χ4n) is 1.99. The van der Waals surface area contributed by atoms with E-state index >= 15 is 0 Å². The molecule has 0 saturated carbocycles. The molecule has 0 aliphatic carbocycles. The number of hydrogen-bond acceptors (Lipinski definition) is 4. The molecule has 0 saturated heterocycles. The number of ether oxygens (including phenoxy) is 1. The Hall–Kier alpha value is -2.83. The monoisotopic (exact) mass is 330 g/mol. The van der Waals surface area contributed by atoms with Crippen LogP contribution in [0.4, 0.5) is 0 Å². The topological polar surface area (TPSA) is 76.5 Å². The Morgan fingerprint density at radius 3 is 2.62 bits per heavy atom. The van der Waals surface area contributed by atoms with Gasteiger partial charge in [-0.1, -0.05) is 18.2 Å². The van der Waals surface area contributed by atoms with Gasteiger partial charge in [0.25, 0.3) is 5.91 Å². The third-order valence-corrected chi connectivity index (χ3v) is 3.39. The molecular formula is C17H22N4O3. The second kappa shape index (κ2) is 8.14. The molecule has 1 aromatic heterocycles. The lowest BCUT2D eigenvalue weighted by Crippen LogP contribution is -2.38. The van der Waals surface area contributed by atoms with Crippen molar-refractivity contribution in [3.8, 4) is 11.6 Å². The highest BCUT2D eigenvalue weighted by molar-refractivity contribution is 5.81. The number of rotatable bonds is 7. The van der Waals surface area contributed by atoms with Crippen LogP contribution in [0.3, 0.4) is 0 Å². The van der Waals surface area contributed by atoms with Gasteiger partial charge in [0.2, 0.25) is 11.8 Å². The van der Waals surface area contributed by atoms with Crippen LogP contribution in [0.1, 0.15) is 13.3 Å². The number of nitrogens with zero attached hydrogens (tertiary/aromatic N) is 3. The number of hydrogen-bond donors (Lipinski definition) is 1. The Morgan fingerprint density at radius 1 is 1.25 bits per heavy atom. The molecule has 1 atom stereocenters. The quantitative estimate of drug-likeness (QED) is 0.828. The first-order chi connectivity index (χ1) is 11.5. The molecule has 1 aromatic carbocycles. The second-order valence-corrected chi connectivity index (χ2v) is 5.52. The van der Waals surface area contributed by atoms with Crippen molar-refractivity contribution in [2.24, 2.45) is 0 Å². The summed E-state index contributed by atoms with van der Waals surface area (Å²) in [4.78, 5) is 24.9. The lowest BCUT2D eigenvalue weighted by atomic mass is 10.3. The summed E-state index contributed by atoms with van der Waals surface area (Å²) in [6.45, 7) is 1.92. The number of carbonyl (C=O) groups is 2. The van der Waals surface area contributed by atoms with E-state index in [-0.39, 0.29) is 24.8 Å². The Balaban J connectivity index is 1.84. The van der Waals surface area contributed by atoms with E-state index < -0.39 is 6.10 Å². The van der Waals surface area contributed by atoms with Gasteiger partial charge in [0, 0.05) is 39.3 Å². The molecule has 0 unspecified atom stereocenters. The third kappa shape index (κ3) is 4.84. The van der Waals surface area contributed by atoms with Crippen molar-refractivity contribution in [2.45, 2.75) is 19.4 Å². The molecule has 2 rings (SSSR count). The van der Waals surface area contributed by atoms with Gasteiger partial charge in [-0.05, 0) is 19.1 Å². The molecular weight excluding hydrogens is 308 g/mol. The van der Waals surface area contributed by atoms with Crippen LogP contribution in [-0.4, -0.2) is 53.2 Å². The molecule has 7 heteroatoms. The molecule has 0 bridgehead atoms. The zero-order valence-corrected chi connectivity index (χ0v) is 14.1. The van der Waals surface area contributed by atoms with Crippen LogP contribution in [0.25, 0.3) is 5.69 Å². The maximum Gasteiger partial charge on any atom is 0.260 e. The molecule has 1 heterocycles. The molecule has 0 radical (unpaired) electrons. The van der Waals surface area contributed by atoms with Gasteiger partial charge in [-0.2, -0.15) is 0 Å². The number of carbonyl (C=O) groups excluding carboxylic acids is 2. The van der Waals surface area contributed by atoms with Crippen LogP contribution in [0.5, 0.6) is 5.88 Å². The molecule has 0 aliphatic rings. The molecule has 2 amide bonds. The number of nitrogens with one attached hydrogen (secondary N) is 1. The van der Waals surface area contributed by atoms with Gasteiger partial charge in [-0.3, -0.25) is 9.59 Å². The number of aromatic nitrogens is 2. The van der Waals surface area contributed by atoms with E-state index in [0.717, 1.165) is 5.69 Å². The van der Waals surface area contributed by atoms with Crippen molar-refractivity contribution < 1.29 is 14.3 Å². The number of amides is 2. The Labute approximate surface area is 141 Å². The standard InChI is InChI=1S/C17H22N4O3/c1-13(17(23)18-11-9-16(22)20(2)3)24-15-10-12-21(19-15)14-7-5-4-6-8-14/h4-8,10,12-13H,9,11H2,1-3H3,(H,18,23)/t13-/m0/s1. The van der Waals surface area contributed by atoms with Crippen LogP contribution in [0, 0.1) is 0 Å². The van der Waals surface area contributed by atoms with E-state index in [0.29, 0.717) is 5.88 Å². The first-order valence-electron chi connectivity index (χ1n) is 7.73. The Morgan fingerprint density at radius 2 is 1.96 bits per heavy atom. The van der Waals surface area contributed by atoms with E-state index in [2.05, 4.69) is 10.4 Å². The highest BCUT2D eigenvalue weighted by Gasteiger charge is 2.16. The molecule has 128 valence electrons. The van der Waals surface area contributed by atoms with Crippen LogP contribution in [0.15, 0.2) is 42.6 Å². The fraction of sp³-hybridized carbons (Fsp3) is 0.353. The number of para-hydroxylation sites is 1. The summed E-state index contributed by atoms with van der Waals surface area (Å²) in [5.41, 5.74) is 0.909. The number of benzene rings is 1. The minimum absolute atomic E-state index is 0.0366. The molecule has 2 aromatic rings. The average molecular weight is 330 g/mol. The van der Waals surface area contributed by atoms with E-state index in [1.54, 1.807) is 38.0 Å². The summed E-state index contributed by atoms with van der Waals surface area (Å²) in [6.07, 6.45) is 1.33. The maximum absolute atomic E-state index is 12.0. The fourth-order valence-corrected chi connectivity index (χ4v) is 1.99. The van der Waals surface area contributed by atoms with E-state index in [1.807, 2.05) is 30.3 Å². The molecule has 24 heavy (non-hydrogen) atoms. The van der Waals surface area contributed by atoms with E-state index in [9.17, 15) is 9.59 Å². The van der Waals surface area contributed by atoms with E-state index in [1.165, 1.54) is 4.90 Å². The van der Waals surface area contributed by atoms with Gasteiger partial charge in [-0.15, -0.1) is 5.10 Å². The minimum Gasteiger partial charge on any atom is -0.463 e. The Bertz CT molecular complexity index is 682. The molecule has 1 N–H and O–H groups in total. The summed E-state index contributed by atoms with van der Waals surface area (Å²) >= 11 is 0. The summed E-state index contributed by atoms with van der Waals surface area (Å²) in [5.74, 6) is 0.0483. The highest BCUT2D eigenvalue weighted by atomic mass is 16.5. The SMILES string of the molecule is C[C@H](Oc1ccn(-c2ccccc2)n1)C(=O)NCCC(=O)N(C)C. The first kappa shape index (κ1) is 17.5. The van der Waals surface area contributed by atoms with Crippen LogP contribution in [0.2, 0.25) is 0 Å². The van der Waals surface area contributed by atoms with Gasteiger partial charge in [-0.25, -0.2) is 4.68 Å². The summed E-state index contributed by atoms with van der Waals surface area (Å²) in [7, 11) is 3.36. The second-order valence-electron chi connectivity index (χ2n) is 5.52. The first-order valence-corrected chi connectivity index (χ1v) is 7.73. The van der Waals surface area contributed by atoms with E-state index in [4.69, 9.17) is 4.74 Å². The predicted molar refractivity (Wildman–Crippen MR) is 90.0 cm³/mol. The van der Waals surface area contributed by atoms with Crippen molar-refractivity contribution in [1.29, 1.82) is 0 Å². The van der Waals surface area contributed by atoms with Gasteiger partial charge < -0.3 is 15.0 Å². The lowest BCUT2D eigenvalue weighted by Gasteiger charge is -2.14. The van der Waals surface area contributed by atoms with Crippen LogP contribution < -0.4 is 10.1 Å². The van der Waals surface area contributed by atoms with Crippen LogP contribution in [-0.2, 0) is 9.59 Å². The molecule has 0 spiro atoms. The summed E-state index contributed by atoms with van der Waals surface area (Å²) in [5, 5.41) is 6.97. The van der Waals surface area contributed by atoms with Gasteiger partial charge in [0.05, 0.1) is 5.69 Å². The smallest absolute Gasteiger partial charge is 0.260 e. The normalized spacial score (nSPS) is 11.6. The van der Waals surface area contributed by atoms with Gasteiger partial charge in [0.1, 0.15) is 0 Å². The van der Waals surface area contributed by atoms with Crippen molar-refractivity contribution in [3.05, 3.63) is 42.6 Å². The summed E-state index contributed by atoms with van der Waals surface area (Å²) < 4.78 is 7.22. The highest BCUT2D eigenvalue weighted by Crippen LogP contribution is 2.13. The zero-order valence-electron chi connectivity index (χ0n) is 14.1.